The Kier molecular flexibility index (Phi) is 3.57. The van der Waals surface area contributed by atoms with Crippen LogP contribution in [0.25, 0.3) is 11.5 Å². The van der Waals surface area contributed by atoms with Crippen molar-refractivity contribution >= 4 is 11.9 Å². The van der Waals surface area contributed by atoms with E-state index in [-0.39, 0.29) is 11.9 Å². The Morgan fingerprint density at radius 1 is 1.39 bits per heavy atom. The van der Waals surface area contributed by atoms with Crippen LogP contribution in [0.3, 0.4) is 0 Å². The molecule has 0 spiro atoms. The number of anilines is 1. The molecule has 0 atom stereocenters. The Hall–Kier alpha value is -2.37. The quantitative estimate of drug-likeness (QED) is 0.895. The minimum atomic E-state index is -0.261. The number of ether oxygens (including phenoxy) is 1. The van der Waals surface area contributed by atoms with Gasteiger partial charge in [-0.3, -0.25) is 10.1 Å². The number of amides is 1. The molecule has 0 saturated heterocycles. The molecular formula is C12H13N3O3. The van der Waals surface area contributed by atoms with Gasteiger partial charge in [-0.25, -0.2) is 0 Å². The highest BCUT2D eigenvalue weighted by Crippen LogP contribution is 2.29. The average Bonchev–Trinajstić information content (AvgIpc) is 2.77. The summed E-state index contributed by atoms with van der Waals surface area (Å²) >= 11 is 0. The minimum absolute atomic E-state index is 0.0730. The van der Waals surface area contributed by atoms with Crippen LogP contribution in [-0.4, -0.2) is 22.7 Å². The van der Waals surface area contributed by atoms with E-state index in [1.807, 2.05) is 31.2 Å². The molecule has 0 aliphatic rings. The summed E-state index contributed by atoms with van der Waals surface area (Å²) in [5, 5.41) is 10.0. The van der Waals surface area contributed by atoms with E-state index in [1.54, 1.807) is 0 Å². The molecule has 1 amide bonds. The lowest BCUT2D eigenvalue weighted by molar-refractivity contribution is -0.114. The van der Waals surface area contributed by atoms with Crippen molar-refractivity contribution in [3.63, 3.8) is 0 Å². The molecule has 0 aliphatic carbocycles. The second kappa shape index (κ2) is 5.31. The van der Waals surface area contributed by atoms with E-state index in [1.165, 1.54) is 6.92 Å². The first-order chi connectivity index (χ1) is 8.70. The number of aromatic nitrogens is 2. The van der Waals surface area contributed by atoms with Gasteiger partial charge in [-0.1, -0.05) is 17.2 Å². The molecule has 94 valence electrons. The second-order valence-corrected chi connectivity index (χ2v) is 3.52. The molecule has 6 heteroatoms. The first kappa shape index (κ1) is 12.1. The van der Waals surface area contributed by atoms with E-state index in [0.717, 1.165) is 0 Å². The molecule has 6 nitrogen and oxygen atoms in total. The molecule has 1 aromatic heterocycles. The van der Waals surface area contributed by atoms with E-state index < -0.39 is 0 Å². The summed E-state index contributed by atoms with van der Waals surface area (Å²) in [5.41, 5.74) is 0.698. The highest BCUT2D eigenvalue weighted by molar-refractivity contribution is 5.86. The van der Waals surface area contributed by atoms with E-state index in [4.69, 9.17) is 9.15 Å². The summed E-state index contributed by atoms with van der Waals surface area (Å²) < 4.78 is 10.8. The van der Waals surface area contributed by atoms with Gasteiger partial charge < -0.3 is 9.15 Å². The Balaban J connectivity index is 2.30. The van der Waals surface area contributed by atoms with Gasteiger partial charge in [-0.15, -0.1) is 5.10 Å². The minimum Gasteiger partial charge on any atom is -0.493 e. The Labute approximate surface area is 104 Å². The maximum absolute atomic E-state index is 10.9. The molecule has 0 unspecified atom stereocenters. The molecule has 1 N–H and O–H groups in total. The molecule has 0 saturated carbocycles. The first-order valence-corrected chi connectivity index (χ1v) is 5.54. The zero-order valence-electron chi connectivity index (χ0n) is 10.1. The third-order valence-corrected chi connectivity index (χ3v) is 2.13. The highest BCUT2D eigenvalue weighted by Gasteiger charge is 2.13. The molecule has 0 radical (unpaired) electrons. The van der Waals surface area contributed by atoms with Crippen molar-refractivity contribution in [1.29, 1.82) is 0 Å². The number of carbonyl (C=O) groups is 1. The monoisotopic (exact) mass is 247 g/mol. The van der Waals surface area contributed by atoms with Gasteiger partial charge in [-0.05, 0) is 19.1 Å². The van der Waals surface area contributed by atoms with Crippen LogP contribution < -0.4 is 10.1 Å². The smallest absolute Gasteiger partial charge is 0.322 e. The highest BCUT2D eigenvalue weighted by atomic mass is 16.5. The average molecular weight is 247 g/mol. The Bertz CT molecular complexity index is 551. The molecule has 2 aromatic rings. The van der Waals surface area contributed by atoms with Crippen molar-refractivity contribution in [3.8, 4) is 17.2 Å². The number of hydrogen-bond acceptors (Lipinski definition) is 5. The van der Waals surface area contributed by atoms with Crippen molar-refractivity contribution in [3.05, 3.63) is 24.3 Å². The lowest BCUT2D eigenvalue weighted by atomic mass is 10.2. The summed E-state index contributed by atoms with van der Waals surface area (Å²) in [6.45, 7) is 3.81. The van der Waals surface area contributed by atoms with Crippen molar-refractivity contribution < 1.29 is 13.9 Å². The Morgan fingerprint density at radius 2 is 2.17 bits per heavy atom. The topological polar surface area (TPSA) is 77.3 Å². The summed E-state index contributed by atoms with van der Waals surface area (Å²) in [7, 11) is 0. The van der Waals surface area contributed by atoms with Gasteiger partial charge in [0.1, 0.15) is 5.75 Å². The van der Waals surface area contributed by atoms with Crippen LogP contribution >= 0.6 is 0 Å². The summed E-state index contributed by atoms with van der Waals surface area (Å²) in [5.74, 6) is 0.712. The molecule has 2 rings (SSSR count). The predicted molar refractivity (Wildman–Crippen MR) is 65.2 cm³/mol. The number of nitrogens with one attached hydrogen (secondary N) is 1. The third kappa shape index (κ3) is 2.65. The van der Waals surface area contributed by atoms with Crippen LogP contribution in [0.1, 0.15) is 13.8 Å². The fraction of sp³-hybridized carbons (Fsp3) is 0.250. The number of para-hydroxylation sites is 1. The molecular weight excluding hydrogens is 234 g/mol. The van der Waals surface area contributed by atoms with E-state index in [2.05, 4.69) is 15.5 Å². The van der Waals surface area contributed by atoms with Crippen LogP contribution in [-0.2, 0) is 4.79 Å². The molecule has 0 aliphatic heterocycles. The molecule has 0 bridgehead atoms. The molecule has 18 heavy (non-hydrogen) atoms. The fourth-order valence-electron chi connectivity index (χ4n) is 1.46. The van der Waals surface area contributed by atoms with Gasteiger partial charge in [0.2, 0.25) is 5.91 Å². The summed E-state index contributed by atoms with van der Waals surface area (Å²) in [6.07, 6.45) is 0. The van der Waals surface area contributed by atoms with Crippen LogP contribution in [0.2, 0.25) is 0 Å². The van der Waals surface area contributed by atoms with Crippen molar-refractivity contribution in [2.45, 2.75) is 13.8 Å². The maximum Gasteiger partial charge on any atom is 0.322 e. The van der Waals surface area contributed by atoms with Gasteiger partial charge in [0.15, 0.2) is 0 Å². The van der Waals surface area contributed by atoms with Gasteiger partial charge in [0.25, 0.3) is 5.89 Å². The van der Waals surface area contributed by atoms with Crippen molar-refractivity contribution in [2.75, 3.05) is 11.9 Å². The first-order valence-electron chi connectivity index (χ1n) is 5.54. The van der Waals surface area contributed by atoms with Crippen LogP contribution in [0.15, 0.2) is 28.7 Å². The zero-order chi connectivity index (χ0) is 13.0. The number of hydrogen-bond donors (Lipinski definition) is 1. The van der Waals surface area contributed by atoms with Gasteiger partial charge in [-0.2, -0.15) is 0 Å². The number of carbonyl (C=O) groups excluding carboxylic acids is 1. The number of rotatable bonds is 4. The van der Waals surface area contributed by atoms with Gasteiger partial charge >= 0.3 is 6.01 Å². The van der Waals surface area contributed by atoms with Crippen LogP contribution in [0.4, 0.5) is 6.01 Å². The molecule has 1 aromatic carbocycles. The van der Waals surface area contributed by atoms with Crippen LogP contribution in [0.5, 0.6) is 5.75 Å². The normalized spacial score (nSPS) is 10.1. The van der Waals surface area contributed by atoms with Crippen molar-refractivity contribution in [1.82, 2.24) is 10.2 Å². The largest absolute Gasteiger partial charge is 0.493 e. The Morgan fingerprint density at radius 3 is 2.89 bits per heavy atom. The van der Waals surface area contributed by atoms with E-state index >= 15 is 0 Å². The SMILES string of the molecule is CCOc1ccccc1-c1nnc(NC(C)=O)o1. The second-order valence-electron chi connectivity index (χ2n) is 3.52. The fourth-order valence-corrected chi connectivity index (χ4v) is 1.46. The maximum atomic E-state index is 10.9. The predicted octanol–water partition coefficient (Wildman–Crippen LogP) is 2.09. The zero-order valence-corrected chi connectivity index (χ0v) is 10.1. The standard InChI is InChI=1S/C12H13N3O3/c1-3-17-10-7-5-4-6-9(10)11-14-15-12(18-11)13-8(2)16/h4-7H,3H2,1-2H3,(H,13,15,16). The van der Waals surface area contributed by atoms with E-state index in [9.17, 15) is 4.79 Å². The summed E-state index contributed by atoms with van der Waals surface area (Å²) in [6, 6.07) is 7.42. The number of benzene rings is 1. The van der Waals surface area contributed by atoms with Gasteiger partial charge in [0.05, 0.1) is 12.2 Å². The molecule has 1 heterocycles. The lowest BCUT2D eigenvalue weighted by Crippen LogP contribution is -2.05. The number of nitrogens with zero attached hydrogens (tertiary/aromatic N) is 2. The van der Waals surface area contributed by atoms with Crippen molar-refractivity contribution in [2.24, 2.45) is 0 Å². The molecule has 0 fully saturated rings. The third-order valence-electron chi connectivity index (χ3n) is 2.13. The van der Waals surface area contributed by atoms with Gasteiger partial charge in [0, 0.05) is 6.92 Å². The lowest BCUT2D eigenvalue weighted by Gasteiger charge is -2.05. The van der Waals surface area contributed by atoms with E-state index in [0.29, 0.717) is 23.8 Å². The van der Waals surface area contributed by atoms with Crippen LogP contribution in [0, 0.1) is 0 Å². The summed E-state index contributed by atoms with van der Waals surface area (Å²) in [4.78, 5) is 10.9.